The Labute approximate surface area is 114 Å². The van der Waals surface area contributed by atoms with Gasteiger partial charge in [-0.2, -0.15) is 5.26 Å². The van der Waals surface area contributed by atoms with Crippen LogP contribution in [0.5, 0.6) is 5.75 Å². The zero-order valence-electron chi connectivity index (χ0n) is 9.55. The maximum absolute atomic E-state index is 12.1. The van der Waals surface area contributed by atoms with Gasteiger partial charge in [0, 0.05) is 0 Å². The van der Waals surface area contributed by atoms with Gasteiger partial charge in [0.1, 0.15) is 11.8 Å². The van der Waals surface area contributed by atoms with Crippen LogP contribution in [0.2, 0.25) is 0 Å². The molecule has 0 heterocycles. The van der Waals surface area contributed by atoms with E-state index in [9.17, 15) is 18.0 Å². The number of ether oxygens (including phenoxy) is 2. The predicted molar refractivity (Wildman–Crippen MR) is 61.5 cm³/mol. The molecule has 1 aromatic rings. The van der Waals surface area contributed by atoms with Crippen molar-refractivity contribution in [3.8, 4) is 11.8 Å². The zero-order valence-corrected chi connectivity index (χ0v) is 11.1. The van der Waals surface area contributed by atoms with Crippen molar-refractivity contribution >= 4 is 21.9 Å². The van der Waals surface area contributed by atoms with Crippen molar-refractivity contribution in [2.24, 2.45) is 0 Å². The fourth-order valence-electron chi connectivity index (χ4n) is 1.23. The summed E-state index contributed by atoms with van der Waals surface area (Å²) in [5, 5.41) is 8.81. The molecular formula is C11H7BrF3NO3. The fourth-order valence-corrected chi connectivity index (χ4v) is 1.71. The monoisotopic (exact) mass is 337 g/mol. The van der Waals surface area contributed by atoms with Gasteiger partial charge < -0.3 is 9.47 Å². The van der Waals surface area contributed by atoms with Gasteiger partial charge in [-0.1, -0.05) is 0 Å². The van der Waals surface area contributed by atoms with Crippen LogP contribution in [0.3, 0.4) is 0 Å². The van der Waals surface area contributed by atoms with E-state index in [1.54, 1.807) is 13.0 Å². The second-order valence-electron chi connectivity index (χ2n) is 3.21. The molecule has 0 aliphatic heterocycles. The van der Waals surface area contributed by atoms with Crippen LogP contribution in [0.4, 0.5) is 13.2 Å². The van der Waals surface area contributed by atoms with Crippen molar-refractivity contribution in [1.29, 1.82) is 5.26 Å². The van der Waals surface area contributed by atoms with Crippen molar-refractivity contribution < 1.29 is 27.4 Å². The summed E-state index contributed by atoms with van der Waals surface area (Å²) in [4.78, 5) is 11.6. The van der Waals surface area contributed by atoms with Crippen LogP contribution < -0.4 is 4.74 Å². The minimum atomic E-state index is -4.91. The van der Waals surface area contributed by atoms with Crippen molar-refractivity contribution in [1.82, 2.24) is 0 Å². The van der Waals surface area contributed by atoms with Crippen LogP contribution in [0.15, 0.2) is 16.6 Å². The molecule has 0 aliphatic carbocycles. The molecule has 1 aromatic carbocycles. The number of hydrogen-bond donors (Lipinski definition) is 0. The highest BCUT2D eigenvalue weighted by Gasteiger charge is 2.32. The van der Waals surface area contributed by atoms with Gasteiger partial charge in [0.15, 0.2) is 0 Å². The fraction of sp³-hybridized carbons (Fsp3) is 0.273. The summed E-state index contributed by atoms with van der Waals surface area (Å²) in [7, 11) is 0. The Morgan fingerprint density at radius 2 is 2.11 bits per heavy atom. The van der Waals surface area contributed by atoms with Crippen LogP contribution in [0.1, 0.15) is 22.8 Å². The van der Waals surface area contributed by atoms with E-state index in [0.717, 1.165) is 12.1 Å². The Balaban J connectivity index is 3.27. The molecule has 0 aliphatic rings. The van der Waals surface area contributed by atoms with Gasteiger partial charge in [-0.3, -0.25) is 0 Å². The molecule has 0 spiro atoms. The first-order valence-electron chi connectivity index (χ1n) is 4.95. The van der Waals surface area contributed by atoms with Crippen molar-refractivity contribution in [2.45, 2.75) is 13.3 Å². The van der Waals surface area contributed by atoms with Gasteiger partial charge in [0.05, 0.1) is 22.2 Å². The summed E-state index contributed by atoms with van der Waals surface area (Å²) in [6, 6.07) is 3.39. The highest BCUT2D eigenvalue weighted by atomic mass is 79.9. The van der Waals surface area contributed by atoms with Gasteiger partial charge in [-0.25, -0.2) is 4.79 Å². The molecule has 0 atom stereocenters. The minimum absolute atomic E-state index is 0.0531. The standard InChI is InChI=1S/C11H7BrF3NO3/c1-2-18-10(17)8-4-7(19-11(13,14)15)3-6(5-16)9(8)12/h3-4H,2H2,1H3. The molecule has 0 fully saturated rings. The third-order valence-electron chi connectivity index (χ3n) is 1.90. The van der Waals surface area contributed by atoms with E-state index in [-0.39, 0.29) is 22.2 Å². The van der Waals surface area contributed by atoms with E-state index in [2.05, 4.69) is 25.4 Å². The number of esters is 1. The summed E-state index contributed by atoms with van der Waals surface area (Å²) < 4.78 is 44.8. The molecule has 1 rings (SSSR count). The van der Waals surface area contributed by atoms with E-state index in [1.165, 1.54) is 0 Å². The van der Waals surface area contributed by atoms with Crippen molar-refractivity contribution in [3.63, 3.8) is 0 Å². The number of rotatable bonds is 3. The normalized spacial score (nSPS) is 10.7. The lowest BCUT2D eigenvalue weighted by molar-refractivity contribution is -0.274. The Hall–Kier alpha value is -1.75. The first-order valence-corrected chi connectivity index (χ1v) is 5.74. The van der Waals surface area contributed by atoms with Crippen molar-refractivity contribution in [2.75, 3.05) is 6.61 Å². The number of carbonyl (C=O) groups is 1. The van der Waals surface area contributed by atoms with E-state index in [0.29, 0.717) is 0 Å². The molecule has 0 saturated heterocycles. The van der Waals surface area contributed by atoms with Crippen LogP contribution in [0.25, 0.3) is 0 Å². The molecule has 0 aromatic heterocycles. The third-order valence-corrected chi connectivity index (χ3v) is 2.75. The average molecular weight is 338 g/mol. The summed E-state index contributed by atoms with van der Waals surface area (Å²) in [6.45, 7) is 1.60. The molecule has 0 unspecified atom stereocenters. The molecule has 8 heteroatoms. The van der Waals surface area contributed by atoms with Crippen LogP contribution in [-0.4, -0.2) is 18.9 Å². The average Bonchev–Trinajstić information content (AvgIpc) is 2.29. The summed E-state index contributed by atoms with van der Waals surface area (Å²) in [5.41, 5.74) is -0.370. The quantitative estimate of drug-likeness (QED) is 0.793. The molecular weight excluding hydrogens is 331 g/mol. The number of halogens is 4. The first-order chi connectivity index (χ1) is 8.78. The number of nitrogens with zero attached hydrogens (tertiary/aromatic N) is 1. The second kappa shape index (κ2) is 5.93. The molecule has 0 N–H and O–H groups in total. The SMILES string of the molecule is CCOC(=O)c1cc(OC(F)(F)F)cc(C#N)c1Br. The Kier molecular flexibility index (Phi) is 4.78. The highest BCUT2D eigenvalue weighted by molar-refractivity contribution is 9.10. The predicted octanol–water partition coefficient (Wildman–Crippen LogP) is 3.40. The number of hydrogen-bond acceptors (Lipinski definition) is 4. The second-order valence-corrected chi connectivity index (χ2v) is 4.01. The third kappa shape index (κ3) is 4.13. The Morgan fingerprint density at radius 1 is 1.47 bits per heavy atom. The summed E-state index contributed by atoms with van der Waals surface area (Å²) in [5.74, 6) is -1.51. The molecule has 102 valence electrons. The van der Waals surface area contributed by atoms with Crippen LogP contribution in [-0.2, 0) is 4.74 Å². The molecule has 0 bridgehead atoms. The largest absolute Gasteiger partial charge is 0.573 e. The lowest BCUT2D eigenvalue weighted by Gasteiger charge is -2.12. The van der Waals surface area contributed by atoms with Gasteiger partial charge in [-0.05, 0) is 35.0 Å². The number of carbonyl (C=O) groups excluding carboxylic acids is 1. The Morgan fingerprint density at radius 3 is 2.58 bits per heavy atom. The molecule has 0 radical (unpaired) electrons. The van der Waals surface area contributed by atoms with Gasteiger partial charge in [-0.15, -0.1) is 13.2 Å². The lowest BCUT2D eigenvalue weighted by atomic mass is 10.1. The van der Waals surface area contributed by atoms with Gasteiger partial charge in [0.25, 0.3) is 0 Å². The van der Waals surface area contributed by atoms with Crippen LogP contribution >= 0.6 is 15.9 Å². The van der Waals surface area contributed by atoms with Crippen molar-refractivity contribution in [3.05, 3.63) is 27.7 Å². The summed E-state index contributed by atoms with van der Waals surface area (Å²) >= 11 is 2.97. The zero-order chi connectivity index (χ0) is 14.6. The van der Waals surface area contributed by atoms with E-state index < -0.39 is 18.1 Å². The first kappa shape index (κ1) is 15.3. The van der Waals surface area contributed by atoms with Gasteiger partial charge >= 0.3 is 12.3 Å². The lowest BCUT2D eigenvalue weighted by Crippen LogP contribution is -2.18. The van der Waals surface area contributed by atoms with Crippen LogP contribution in [0, 0.1) is 11.3 Å². The molecule has 0 saturated carbocycles. The Bertz CT molecular complexity index is 537. The van der Waals surface area contributed by atoms with E-state index >= 15 is 0 Å². The maximum atomic E-state index is 12.1. The van der Waals surface area contributed by atoms with E-state index in [4.69, 9.17) is 5.26 Å². The highest BCUT2D eigenvalue weighted by Crippen LogP contribution is 2.31. The number of benzene rings is 1. The topological polar surface area (TPSA) is 59.3 Å². The van der Waals surface area contributed by atoms with E-state index in [1.807, 2.05) is 0 Å². The molecule has 4 nitrogen and oxygen atoms in total. The maximum Gasteiger partial charge on any atom is 0.573 e. The van der Waals surface area contributed by atoms with Gasteiger partial charge in [0.2, 0.25) is 0 Å². The summed E-state index contributed by atoms with van der Waals surface area (Å²) in [6.07, 6.45) is -4.91. The number of nitriles is 1. The number of alkyl halides is 3. The molecule has 19 heavy (non-hydrogen) atoms. The molecule has 0 amide bonds. The smallest absolute Gasteiger partial charge is 0.462 e. The minimum Gasteiger partial charge on any atom is -0.462 e.